The van der Waals surface area contributed by atoms with Gasteiger partial charge in [0.15, 0.2) is 11.1 Å². The van der Waals surface area contributed by atoms with E-state index < -0.39 is 0 Å². The van der Waals surface area contributed by atoms with Crippen LogP contribution >= 0.6 is 11.8 Å². The fraction of sp³-hybridized carbons (Fsp3) is 0.500. The predicted octanol–water partition coefficient (Wildman–Crippen LogP) is 0.230. The van der Waals surface area contributed by atoms with E-state index in [-0.39, 0.29) is 16.4 Å². The SMILES string of the molecule is CCC(C#N)SC(=N)N=C(N)N. The lowest BCUT2D eigenvalue weighted by Gasteiger charge is -2.02. The summed E-state index contributed by atoms with van der Waals surface area (Å²) in [4.78, 5) is 3.48. The highest BCUT2D eigenvalue weighted by Gasteiger charge is 2.07. The van der Waals surface area contributed by atoms with E-state index in [1.165, 1.54) is 0 Å². The van der Waals surface area contributed by atoms with Gasteiger partial charge in [0.1, 0.15) is 0 Å². The zero-order valence-corrected chi connectivity index (χ0v) is 7.56. The molecule has 0 saturated carbocycles. The number of rotatable bonds is 2. The van der Waals surface area contributed by atoms with Crippen molar-refractivity contribution in [3.05, 3.63) is 0 Å². The Morgan fingerprint density at radius 3 is 2.67 bits per heavy atom. The number of nitrogens with two attached hydrogens (primary N) is 2. The van der Waals surface area contributed by atoms with Crippen molar-refractivity contribution < 1.29 is 0 Å². The van der Waals surface area contributed by atoms with Crippen LogP contribution in [-0.4, -0.2) is 16.4 Å². The first-order chi connectivity index (χ1) is 5.60. The van der Waals surface area contributed by atoms with E-state index in [1.807, 2.05) is 13.0 Å². The molecule has 0 aromatic rings. The molecule has 0 rings (SSSR count). The number of thioether (sulfide) groups is 1. The molecule has 0 bridgehead atoms. The number of amidine groups is 1. The summed E-state index contributed by atoms with van der Waals surface area (Å²) in [5, 5.41) is 15.5. The van der Waals surface area contributed by atoms with Crippen LogP contribution in [-0.2, 0) is 0 Å². The molecular formula is C6H11N5S. The van der Waals surface area contributed by atoms with Crippen LogP contribution in [0.1, 0.15) is 13.3 Å². The van der Waals surface area contributed by atoms with E-state index >= 15 is 0 Å². The van der Waals surface area contributed by atoms with Crippen LogP contribution in [0.3, 0.4) is 0 Å². The van der Waals surface area contributed by atoms with E-state index in [9.17, 15) is 0 Å². The standard InChI is InChI=1S/C6H11N5S/c1-2-4(3-7)12-6(10)11-5(8)9/h4H,2H2,1H3,(H5,8,9,10,11). The molecule has 0 spiro atoms. The molecule has 0 aliphatic rings. The molecule has 0 heterocycles. The fourth-order valence-electron chi connectivity index (χ4n) is 0.479. The molecule has 0 saturated heterocycles. The van der Waals surface area contributed by atoms with Gasteiger partial charge in [0, 0.05) is 0 Å². The highest BCUT2D eigenvalue weighted by atomic mass is 32.2. The molecule has 0 aromatic carbocycles. The van der Waals surface area contributed by atoms with Crippen molar-refractivity contribution in [1.82, 2.24) is 0 Å². The van der Waals surface area contributed by atoms with Crippen LogP contribution in [0.2, 0.25) is 0 Å². The highest BCUT2D eigenvalue weighted by molar-refractivity contribution is 8.14. The Morgan fingerprint density at radius 1 is 1.75 bits per heavy atom. The van der Waals surface area contributed by atoms with Crippen LogP contribution in [0, 0.1) is 16.7 Å². The average molecular weight is 185 g/mol. The molecule has 1 atom stereocenters. The number of hydrogen-bond acceptors (Lipinski definition) is 3. The maximum Gasteiger partial charge on any atom is 0.193 e. The number of guanidine groups is 1. The van der Waals surface area contributed by atoms with Gasteiger partial charge in [-0.1, -0.05) is 18.7 Å². The third-order valence-electron chi connectivity index (χ3n) is 0.999. The number of nitrogens with one attached hydrogen (secondary N) is 1. The lowest BCUT2D eigenvalue weighted by atomic mass is 10.4. The van der Waals surface area contributed by atoms with E-state index in [0.717, 1.165) is 11.8 Å². The second kappa shape index (κ2) is 5.43. The van der Waals surface area contributed by atoms with Gasteiger partial charge in [-0.15, -0.1) is 0 Å². The fourth-order valence-corrected chi connectivity index (χ4v) is 1.13. The Kier molecular flexibility index (Phi) is 4.88. The molecule has 1 unspecified atom stereocenters. The van der Waals surface area contributed by atoms with Crippen molar-refractivity contribution >= 4 is 22.9 Å². The van der Waals surface area contributed by atoms with Crippen LogP contribution in [0.4, 0.5) is 0 Å². The van der Waals surface area contributed by atoms with Crippen molar-refractivity contribution in [2.24, 2.45) is 16.5 Å². The minimum Gasteiger partial charge on any atom is -0.370 e. The molecule has 0 aliphatic heterocycles. The third kappa shape index (κ3) is 4.57. The molecule has 12 heavy (non-hydrogen) atoms. The quantitative estimate of drug-likeness (QED) is 0.422. The first-order valence-electron chi connectivity index (χ1n) is 3.34. The smallest absolute Gasteiger partial charge is 0.193 e. The lowest BCUT2D eigenvalue weighted by Crippen LogP contribution is -2.23. The molecule has 5 N–H and O–H groups in total. The normalized spacial score (nSPS) is 11.3. The van der Waals surface area contributed by atoms with E-state index in [1.54, 1.807) is 0 Å². The van der Waals surface area contributed by atoms with Gasteiger partial charge in [-0.05, 0) is 6.42 Å². The van der Waals surface area contributed by atoms with Gasteiger partial charge in [-0.3, -0.25) is 5.41 Å². The minimum atomic E-state index is -0.249. The number of nitriles is 1. The van der Waals surface area contributed by atoms with Gasteiger partial charge >= 0.3 is 0 Å². The zero-order chi connectivity index (χ0) is 9.56. The van der Waals surface area contributed by atoms with Gasteiger partial charge in [0.05, 0.1) is 11.3 Å². The highest BCUT2D eigenvalue weighted by Crippen LogP contribution is 2.14. The maximum absolute atomic E-state index is 8.53. The zero-order valence-electron chi connectivity index (χ0n) is 6.74. The summed E-state index contributed by atoms with van der Waals surface area (Å²) < 4.78 is 0. The minimum absolute atomic E-state index is 0.0246. The van der Waals surface area contributed by atoms with Crippen LogP contribution < -0.4 is 11.5 Å². The largest absolute Gasteiger partial charge is 0.370 e. The Labute approximate surface area is 75.3 Å². The topological polar surface area (TPSA) is 112 Å². The maximum atomic E-state index is 8.53. The number of aliphatic imine (C=N–C) groups is 1. The summed E-state index contributed by atoms with van der Waals surface area (Å²) in [5.41, 5.74) is 10.1. The Morgan fingerprint density at radius 2 is 2.33 bits per heavy atom. The van der Waals surface area contributed by atoms with Crippen molar-refractivity contribution in [2.75, 3.05) is 0 Å². The summed E-state index contributed by atoms with van der Waals surface area (Å²) in [6.07, 6.45) is 0.670. The van der Waals surface area contributed by atoms with E-state index in [4.69, 9.17) is 22.1 Å². The van der Waals surface area contributed by atoms with Crippen LogP contribution in [0.25, 0.3) is 0 Å². The molecule has 0 fully saturated rings. The second-order valence-corrected chi connectivity index (χ2v) is 3.18. The van der Waals surface area contributed by atoms with Crippen LogP contribution in [0.5, 0.6) is 0 Å². The first-order valence-corrected chi connectivity index (χ1v) is 4.22. The molecular weight excluding hydrogens is 174 g/mol. The lowest BCUT2D eigenvalue weighted by molar-refractivity contribution is 0.990. The van der Waals surface area contributed by atoms with Gasteiger partial charge in [-0.25, -0.2) is 0 Å². The molecule has 6 heteroatoms. The van der Waals surface area contributed by atoms with Gasteiger partial charge in [0.25, 0.3) is 0 Å². The van der Waals surface area contributed by atoms with E-state index in [2.05, 4.69) is 4.99 Å². The number of nitrogens with zero attached hydrogens (tertiary/aromatic N) is 2. The van der Waals surface area contributed by atoms with Crippen LogP contribution in [0.15, 0.2) is 4.99 Å². The van der Waals surface area contributed by atoms with Crippen molar-refractivity contribution in [3.63, 3.8) is 0 Å². The number of hydrogen-bond donors (Lipinski definition) is 3. The molecule has 5 nitrogen and oxygen atoms in total. The monoisotopic (exact) mass is 185 g/mol. The van der Waals surface area contributed by atoms with Gasteiger partial charge in [0.2, 0.25) is 0 Å². The Hall–Kier alpha value is -1.22. The van der Waals surface area contributed by atoms with Gasteiger partial charge < -0.3 is 11.5 Å². The Bertz CT molecular complexity index is 225. The summed E-state index contributed by atoms with van der Waals surface area (Å²) in [5.74, 6) is -0.153. The molecule has 0 aliphatic carbocycles. The molecule has 0 aromatic heterocycles. The van der Waals surface area contributed by atoms with E-state index in [0.29, 0.717) is 6.42 Å². The summed E-state index contributed by atoms with van der Waals surface area (Å²) in [6.45, 7) is 1.86. The second-order valence-electron chi connectivity index (χ2n) is 1.99. The summed E-state index contributed by atoms with van der Waals surface area (Å²) in [6, 6.07) is 2.03. The molecule has 66 valence electrons. The predicted molar refractivity (Wildman–Crippen MR) is 50.8 cm³/mol. The summed E-state index contributed by atoms with van der Waals surface area (Å²) in [7, 11) is 0. The van der Waals surface area contributed by atoms with Crippen molar-refractivity contribution in [2.45, 2.75) is 18.6 Å². The van der Waals surface area contributed by atoms with Crippen molar-refractivity contribution in [1.29, 1.82) is 10.7 Å². The summed E-state index contributed by atoms with van der Waals surface area (Å²) >= 11 is 1.05. The molecule has 0 amide bonds. The first kappa shape index (κ1) is 10.8. The third-order valence-corrected chi connectivity index (χ3v) is 2.04. The van der Waals surface area contributed by atoms with Gasteiger partial charge in [-0.2, -0.15) is 10.3 Å². The average Bonchev–Trinajstić information content (AvgIpc) is 1.98. The Balaban J connectivity index is 4.02. The molecule has 0 radical (unpaired) electrons. The van der Waals surface area contributed by atoms with Crippen molar-refractivity contribution in [3.8, 4) is 6.07 Å².